The monoisotopic (exact) mass is 431 g/mol. The zero-order valence-electron chi connectivity index (χ0n) is 16.8. The van der Waals surface area contributed by atoms with Gasteiger partial charge in [0.1, 0.15) is 6.04 Å². The quantitative estimate of drug-likeness (QED) is 0.605. The zero-order valence-corrected chi connectivity index (χ0v) is 18.4. The summed E-state index contributed by atoms with van der Waals surface area (Å²) in [5.41, 5.74) is 1.24. The van der Waals surface area contributed by atoms with Crippen LogP contribution in [0.2, 0.25) is 5.02 Å². The Hall–Kier alpha value is -1.35. The van der Waals surface area contributed by atoms with Gasteiger partial charge in [-0.1, -0.05) is 24.6 Å². The van der Waals surface area contributed by atoms with Crippen molar-refractivity contribution in [2.24, 2.45) is 0 Å². The van der Waals surface area contributed by atoms with Crippen molar-refractivity contribution >= 4 is 33.2 Å². The van der Waals surface area contributed by atoms with E-state index in [0.29, 0.717) is 23.7 Å². The molecule has 1 aromatic rings. The van der Waals surface area contributed by atoms with Crippen LogP contribution in [0.4, 0.5) is 5.69 Å². The van der Waals surface area contributed by atoms with Gasteiger partial charge in [0, 0.05) is 24.7 Å². The van der Waals surface area contributed by atoms with Gasteiger partial charge >= 0.3 is 0 Å². The average Bonchev–Trinajstić information content (AvgIpc) is 2.65. The molecule has 1 atom stereocenters. The number of nitrogens with zero attached hydrogens (tertiary/aromatic N) is 2. The van der Waals surface area contributed by atoms with Crippen LogP contribution in [-0.2, 0) is 19.6 Å². The number of nitrogens with one attached hydrogen (secondary N) is 1. The summed E-state index contributed by atoms with van der Waals surface area (Å²) in [6.45, 7) is 8.31. The van der Waals surface area contributed by atoms with E-state index in [1.807, 2.05) is 6.92 Å². The largest absolute Gasteiger partial charge is 0.379 e. The number of carbonyl (C=O) groups excluding carboxylic acids is 1. The Labute approximate surface area is 173 Å². The highest BCUT2D eigenvalue weighted by molar-refractivity contribution is 7.92. The predicted molar refractivity (Wildman–Crippen MR) is 112 cm³/mol. The Morgan fingerprint density at radius 1 is 1.36 bits per heavy atom. The van der Waals surface area contributed by atoms with E-state index < -0.39 is 16.1 Å². The molecule has 0 bridgehead atoms. The maximum Gasteiger partial charge on any atom is 0.243 e. The van der Waals surface area contributed by atoms with E-state index in [-0.39, 0.29) is 5.91 Å². The van der Waals surface area contributed by atoms with Gasteiger partial charge in [0.2, 0.25) is 15.9 Å². The fourth-order valence-electron chi connectivity index (χ4n) is 3.24. The van der Waals surface area contributed by atoms with Gasteiger partial charge in [-0.05, 0) is 44.0 Å². The minimum absolute atomic E-state index is 0.299. The first-order valence-corrected chi connectivity index (χ1v) is 11.8. The van der Waals surface area contributed by atoms with Crippen molar-refractivity contribution in [3.05, 3.63) is 28.8 Å². The summed E-state index contributed by atoms with van der Waals surface area (Å²) in [5, 5.41) is 3.35. The lowest BCUT2D eigenvalue weighted by Crippen LogP contribution is -2.49. The fraction of sp³-hybridized carbons (Fsp3) is 0.632. The van der Waals surface area contributed by atoms with Crippen LogP contribution in [0, 0.1) is 6.92 Å². The molecule has 0 aromatic heterocycles. The second-order valence-electron chi connectivity index (χ2n) is 7.01. The first kappa shape index (κ1) is 22.9. The molecule has 1 aliphatic rings. The second kappa shape index (κ2) is 10.4. The van der Waals surface area contributed by atoms with Crippen molar-refractivity contribution in [3.8, 4) is 0 Å². The van der Waals surface area contributed by atoms with E-state index in [0.717, 1.165) is 55.4 Å². The lowest BCUT2D eigenvalue weighted by Gasteiger charge is -2.30. The number of aryl methyl sites for hydroxylation is 1. The fourth-order valence-corrected chi connectivity index (χ4v) is 4.61. The number of ether oxygens (including phenoxy) is 1. The number of anilines is 1. The molecule has 9 heteroatoms. The third-order valence-corrected chi connectivity index (χ3v) is 6.38. The third-order valence-electron chi connectivity index (χ3n) is 4.79. The number of hydrogen-bond acceptors (Lipinski definition) is 5. The Morgan fingerprint density at radius 3 is 2.61 bits per heavy atom. The lowest BCUT2D eigenvalue weighted by atomic mass is 10.1. The molecular formula is C19H30ClN3O4S. The number of amides is 1. The summed E-state index contributed by atoms with van der Waals surface area (Å²) in [6, 6.07) is 4.20. The standard InChI is InChI=1S/C19H30ClN3O4S/c1-4-18(19(24)21-8-5-9-22-10-12-27-13-11-22)23(28(3,25)26)16-7-6-15(2)17(20)14-16/h6-7,14,18H,4-5,8-13H2,1-3H3,(H,21,24). The highest BCUT2D eigenvalue weighted by Crippen LogP contribution is 2.27. The molecule has 0 saturated carbocycles. The molecular weight excluding hydrogens is 402 g/mol. The molecule has 1 unspecified atom stereocenters. The minimum atomic E-state index is -3.66. The summed E-state index contributed by atoms with van der Waals surface area (Å²) < 4.78 is 31.4. The van der Waals surface area contributed by atoms with E-state index >= 15 is 0 Å². The van der Waals surface area contributed by atoms with Crippen molar-refractivity contribution in [2.45, 2.75) is 32.7 Å². The molecule has 7 nitrogen and oxygen atoms in total. The molecule has 1 aromatic carbocycles. The number of rotatable bonds is 9. The van der Waals surface area contributed by atoms with E-state index in [1.54, 1.807) is 25.1 Å². The van der Waals surface area contributed by atoms with Crippen LogP contribution in [0.1, 0.15) is 25.3 Å². The highest BCUT2D eigenvalue weighted by atomic mass is 35.5. The van der Waals surface area contributed by atoms with Crippen LogP contribution in [-0.4, -0.2) is 70.9 Å². The van der Waals surface area contributed by atoms with Crippen molar-refractivity contribution in [1.29, 1.82) is 0 Å². The van der Waals surface area contributed by atoms with Gasteiger partial charge in [0.15, 0.2) is 0 Å². The molecule has 1 N–H and O–H groups in total. The first-order chi connectivity index (χ1) is 13.2. The summed E-state index contributed by atoms with van der Waals surface area (Å²) in [6.07, 6.45) is 2.26. The van der Waals surface area contributed by atoms with Crippen molar-refractivity contribution in [2.75, 3.05) is 50.0 Å². The van der Waals surface area contributed by atoms with Gasteiger partial charge in [0.25, 0.3) is 0 Å². The van der Waals surface area contributed by atoms with Crippen LogP contribution >= 0.6 is 11.6 Å². The molecule has 0 aliphatic carbocycles. The lowest BCUT2D eigenvalue weighted by molar-refractivity contribution is -0.122. The van der Waals surface area contributed by atoms with E-state index in [9.17, 15) is 13.2 Å². The molecule has 1 amide bonds. The van der Waals surface area contributed by atoms with Crippen molar-refractivity contribution in [3.63, 3.8) is 0 Å². The summed E-state index contributed by atoms with van der Waals surface area (Å²) in [7, 11) is -3.66. The molecule has 1 aliphatic heterocycles. The average molecular weight is 432 g/mol. The molecule has 1 fully saturated rings. The molecule has 1 heterocycles. The molecule has 1 saturated heterocycles. The molecule has 28 heavy (non-hydrogen) atoms. The van der Waals surface area contributed by atoms with E-state index in [4.69, 9.17) is 16.3 Å². The first-order valence-electron chi connectivity index (χ1n) is 9.57. The highest BCUT2D eigenvalue weighted by Gasteiger charge is 2.31. The van der Waals surface area contributed by atoms with Crippen molar-refractivity contribution in [1.82, 2.24) is 10.2 Å². The van der Waals surface area contributed by atoms with E-state index in [1.165, 1.54) is 0 Å². The molecule has 0 radical (unpaired) electrons. The van der Waals surface area contributed by atoms with Gasteiger partial charge in [-0.15, -0.1) is 0 Å². The Balaban J connectivity index is 2.03. The molecule has 158 valence electrons. The van der Waals surface area contributed by atoms with Crippen LogP contribution in [0.5, 0.6) is 0 Å². The SMILES string of the molecule is CCC(C(=O)NCCCN1CCOCC1)N(c1ccc(C)c(Cl)c1)S(C)(=O)=O. The number of hydrogen-bond donors (Lipinski definition) is 1. The maximum absolute atomic E-state index is 12.8. The minimum Gasteiger partial charge on any atom is -0.379 e. The number of benzene rings is 1. The topological polar surface area (TPSA) is 79.0 Å². The van der Waals surface area contributed by atoms with Crippen LogP contribution < -0.4 is 9.62 Å². The molecule has 0 spiro atoms. The van der Waals surface area contributed by atoms with Gasteiger partial charge in [-0.25, -0.2) is 8.42 Å². The van der Waals surface area contributed by atoms with Crippen LogP contribution in [0.25, 0.3) is 0 Å². The predicted octanol–water partition coefficient (Wildman–Crippen LogP) is 2.03. The Kier molecular flexibility index (Phi) is 8.55. The number of morpholine rings is 1. The van der Waals surface area contributed by atoms with Crippen molar-refractivity contribution < 1.29 is 17.9 Å². The van der Waals surface area contributed by atoms with E-state index in [2.05, 4.69) is 10.2 Å². The third kappa shape index (κ3) is 6.34. The van der Waals surface area contributed by atoms with Crippen LogP contribution in [0.15, 0.2) is 18.2 Å². The van der Waals surface area contributed by atoms with Gasteiger partial charge < -0.3 is 10.1 Å². The summed E-state index contributed by atoms with van der Waals surface area (Å²) in [5.74, 6) is -0.299. The summed E-state index contributed by atoms with van der Waals surface area (Å²) in [4.78, 5) is 15.1. The normalized spacial score (nSPS) is 16.6. The number of halogens is 1. The summed E-state index contributed by atoms with van der Waals surface area (Å²) >= 11 is 6.18. The maximum atomic E-state index is 12.8. The Morgan fingerprint density at radius 2 is 2.04 bits per heavy atom. The second-order valence-corrected chi connectivity index (χ2v) is 9.28. The zero-order chi connectivity index (χ0) is 20.7. The Bertz CT molecular complexity index is 766. The van der Waals surface area contributed by atoms with Gasteiger partial charge in [0.05, 0.1) is 25.2 Å². The smallest absolute Gasteiger partial charge is 0.243 e. The molecule has 2 rings (SSSR count). The number of sulfonamides is 1. The van der Waals surface area contributed by atoms with Gasteiger partial charge in [-0.2, -0.15) is 0 Å². The van der Waals surface area contributed by atoms with Crippen LogP contribution in [0.3, 0.4) is 0 Å². The number of carbonyl (C=O) groups is 1. The van der Waals surface area contributed by atoms with Gasteiger partial charge in [-0.3, -0.25) is 14.0 Å².